The molecule has 0 fully saturated rings. The maximum absolute atomic E-state index is 10.8. The normalized spacial score (nSPS) is 10.7. The molecule has 0 saturated carbocycles. The van der Waals surface area contributed by atoms with Gasteiger partial charge in [-0.25, -0.2) is 4.79 Å². The Hall–Kier alpha value is -1.51. The van der Waals surface area contributed by atoms with Crippen LogP contribution in [0.4, 0.5) is 4.79 Å². The third-order valence-corrected chi connectivity index (χ3v) is 1.62. The van der Waals surface area contributed by atoms with E-state index in [2.05, 4.69) is 35.7 Å². The highest BCUT2D eigenvalue weighted by atomic mass is 16.5. The summed E-state index contributed by atoms with van der Waals surface area (Å²) in [7, 11) is 0. The van der Waals surface area contributed by atoms with Crippen molar-refractivity contribution in [2.75, 3.05) is 6.54 Å². The molecule has 0 aromatic carbocycles. The lowest BCUT2D eigenvalue weighted by atomic mass is 10.2. The van der Waals surface area contributed by atoms with Gasteiger partial charge in [0.15, 0.2) is 0 Å². The van der Waals surface area contributed by atoms with Crippen molar-refractivity contribution < 1.29 is 9.53 Å². The van der Waals surface area contributed by atoms with E-state index in [9.17, 15) is 4.79 Å². The van der Waals surface area contributed by atoms with Crippen LogP contribution in [0.15, 0.2) is 37.1 Å². The van der Waals surface area contributed by atoms with Crippen LogP contribution in [0.2, 0.25) is 0 Å². The molecule has 0 aliphatic rings. The summed E-state index contributed by atoms with van der Waals surface area (Å²) in [5.41, 5.74) is 0. The minimum atomic E-state index is -0.472. The van der Waals surface area contributed by atoms with E-state index in [1.54, 1.807) is 0 Å². The first kappa shape index (κ1) is 13.5. The molecule has 0 aliphatic heterocycles. The van der Waals surface area contributed by atoms with E-state index in [4.69, 9.17) is 0 Å². The first-order valence-corrected chi connectivity index (χ1v) is 5.16. The molecular weight excluding hydrogens is 190 g/mol. The van der Waals surface area contributed by atoms with Gasteiger partial charge in [0, 0.05) is 6.54 Å². The predicted molar refractivity (Wildman–Crippen MR) is 62.5 cm³/mol. The smallest absolute Gasteiger partial charge is 0.412 e. The average molecular weight is 209 g/mol. The van der Waals surface area contributed by atoms with Gasteiger partial charge in [-0.15, -0.1) is 0 Å². The van der Waals surface area contributed by atoms with Crippen molar-refractivity contribution >= 4 is 6.09 Å². The van der Waals surface area contributed by atoms with Crippen LogP contribution in [0, 0.1) is 0 Å². The second-order valence-corrected chi connectivity index (χ2v) is 2.88. The lowest BCUT2D eigenvalue weighted by Crippen LogP contribution is -2.22. The summed E-state index contributed by atoms with van der Waals surface area (Å²) in [5.74, 6) is 0. The fourth-order valence-electron chi connectivity index (χ4n) is 0.938. The van der Waals surface area contributed by atoms with Crippen LogP contribution in [0.1, 0.15) is 26.2 Å². The summed E-state index contributed by atoms with van der Waals surface area (Å²) in [6, 6.07) is 0. The van der Waals surface area contributed by atoms with Crippen LogP contribution in [-0.2, 0) is 4.74 Å². The molecule has 15 heavy (non-hydrogen) atoms. The van der Waals surface area contributed by atoms with Crippen molar-refractivity contribution in [3.8, 4) is 0 Å². The van der Waals surface area contributed by atoms with Crippen molar-refractivity contribution in [2.24, 2.45) is 0 Å². The van der Waals surface area contributed by atoms with E-state index in [0.717, 1.165) is 25.5 Å². The number of hydrogen-bond acceptors (Lipinski definition) is 2. The zero-order valence-corrected chi connectivity index (χ0v) is 9.24. The zero-order chi connectivity index (χ0) is 11.4. The van der Waals surface area contributed by atoms with Gasteiger partial charge < -0.3 is 10.1 Å². The van der Waals surface area contributed by atoms with Crippen LogP contribution in [0.3, 0.4) is 0 Å². The molecule has 0 bridgehead atoms. The van der Waals surface area contributed by atoms with Crippen LogP contribution >= 0.6 is 0 Å². The molecule has 0 aromatic heterocycles. The van der Waals surface area contributed by atoms with Gasteiger partial charge in [0.2, 0.25) is 0 Å². The number of rotatable bonds is 7. The number of allylic oxidation sites excluding steroid dienone is 3. The maximum Gasteiger partial charge on any atom is 0.412 e. The minimum Gasteiger partial charge on any atom is -0.419 e. The van der Waals surface area contributed by atoms with Crippen LogP contribution < -0.4 is 5.32 Å². The van der Waals surface area contributed by atoms with E-state index in [1.807, 2.05) is 12.2 Å². The molecule has 0 spiro atoms. The van der Waals surface area contributed by atoms with Crippen LogP contribution in [-0.4, -0.2) is 12.6 Å². The number of unbranched alkanes of at least 4 members (excludes halogenated alkanes) is 1. The van der Waals surface area contributed by atoms with E-state index in [1.165, 1.54) is 0 Å². The number of nitrogens with one attached hydrogen (secondary N) is 1. The Kier molecular flexibility index (Phi) is 9.51. The van der Waals surface area contributed by atoms with E-state index >= 15 is 0 Å². The number of ether oxygens (including phenoxy) is 1. The summed E-state index contributed by atoms with van der Waals surface area (Å²) in [4.78, 5) is 10.8. The lowest BCUT2D eigenvalue weighted by molar-refractivity contribution is 0.187. The topological polar surface area (TPSA) is 38.3 Å². The summed E-state index contributed by atoms with van der Waals surface area (Å²) < 4.78 is 4.47. The molecule has 0 aliphatic carbocycles. The third kappa shape index (κ3) is 10.4. The Morgan fingerprint density at radius 1 is 1.27 bits per heavy atom. The molecule has 1 amide bonds. The molecule has 0 rings (SSSR count). The number of alkyl carbamates (subject to hydrolysis) is 1. The molecule has 0 radical (unpaired) electrons. The molecule has 0 heterocycles. The largest absolute Gasteiger partial charge is 0.419 e. The van der Waals surface area contributed by atoms with E-state index in [-0.39, 0.29) is 0 Å². The Morgan fingerprint density at radius 2 is 1.93 bits per heavy atom. The van der Waals surface area contributed by atoms with Crippen LogP contribution in [0.5, 0.6) is 0 Å². The van der Waals surface area contributed by atoms with E-state index < -0.39 is 6.09 Å². The number of hydrogen-bond donors (Lipinski definition) is 1. The fourth-order valence-corrected chi connectivity index (χ4v) is 0.938. The summed E-state index contributed by atoms with van der Waals surface area (Å²) in [5, 5.41) is 2.55. The quantitative estimate of drug-likeness (QED) is 0.397. The summed E-state index contributed by atoms with van der Waals surface area (Å²) in [6.45, 7) is 5.88. The van der Waals surface area contributed by atoms with Gasteiger partial charge in [-0.3, -0.25) is 0 Å². The number of amides is 1. The Labute approximate surface area is 91.5 Å². The van der Waals surface area contributed by atoms with Gasteiger partial charge in [-0.05, 0) is 19.3 Å². The van der Waals surface area contributed by atoms with Gasteiger partial charge in [-0.2, -0.15) is 0 Å². The molecule has 84 valence electrons. The highest BCUT2D eigenvalue weighted by Gasteiger charge is 1.93. The van der Waals surface area contributed by atoms with Crippen LogP contribution in [0.25, 0.3) is 0 Å². The molecule has 3 heteroatoms. The molecule has 0 atom stereocenters. The Balaban J connectivity index is 3.34. The summed E-state index contributed by atoms with van der Waals surface area (Å²) in [6.07, 6.45) is 12.0. The highest BCUT2D eigenvalue weighted by Crippen LogP contribution is 1.93. The van der Waals surface area contributed by atoms with Crippen molar-refractivity contribution in [2.45, 2.75) is 26.2 Å². The second-order valence-electron chi connectivity index (χ2n) is 2.88. The fraction of sp³-hybridized carbons (Fsp3) is 0.417. The molecule has 1 N–H and O–H groups in total. The van der Waals surface area contributed by atoms with Gasteiger partial charge in [0.05, 0.1) is 6.26 Å². The molecule has 0 aromatic rings. The summed E-state index contributed by atoms with van der Waals surface area (Å²) >= 11 is 0. The van der Waals surface area contributed by atoms with Gasteiger partial charge >= 0.3 is 6.09 Å². The molecule has 3 nitrogen and oxygen atoms in total. The Bertz CT molecular complexity index is 232. The third-order valence-electron chi connectivity index (χ3n) is 1.62. The highest BCUT2D eigenvalue weighted by molar-refractivity contribution is 5.67. The van der Waals surface area contributed by atoms with E-state index in [0.29, 0.717) is 6.54 Å². The monoisotopic (exact) mass is 209 g/mol. The SMILES string of the molecule is C=COC(=O)NC/C=C/CC/C=C\CC. The molecule has 0 unspecified atom stereocenters. The van der Waals surface area contributed by atoms with Crippen molar-refractivity contribution in [3.05, 3.63) is 37.1 Å². The number of carbonyl (C=O) groups is 1. The first-order valence-electron chi connectivity index (χ1n) is 5.16. The number of carbonyl (C=O) groups excluding carboxylic acids is 1. The standard InChI is InChI=1S/C12H19NO2/c1-3-5-6-7-8-9-10-11-13-12(14)15-4-2/h4-6,9-10H,2-3,7-8,11H2,1H3,(H,13,14)/b6-5-,10-9+. The van der Waals surface area contributed by atoms with Gasteiger partial charge in [0.25, 0.3) is 0 Å². The molecule has 0 saturated heterocycles. The zero-order valence-electron chi connectivity index (χ0n) is 9.24. The minimum absolute atomic E-state index is 0.472. The average Bonchev–Trinajstić information content (AvgIpc) is 2.22. The maximum atomic E-state index is 10.8. The first-order chi connectivity index (χ1) is 7.31. The molecular formula is C12H19NO2. The lowest BCUT2D eigenvalue weighted by Gasteiger charge is -1.98. The van der Waals surface area contributed by atoms with Crippen molar-refractivity contribution in [3.63, 3.8) is 0 Å². The Morgan fingerprint density at radius 3 is 2.53 bits per heavy atom. The van der Waals surface area contributed by atoms with Crippen molar-refractivity contribution in [1.82, 2.24) is 5.32 Å². The van der Waals surface area contributed by atoms with Gasteiger partial charge in [0.1, 0.15) is 0 Å². The predicted octanol–water partition coefficient (Wildman–Crippen LogP) is 3.16. The second kappa shape index (κ2) is 10.6. The van der Waals surface area contributed by atoms with Gasteiger partial charge in [-0.1, -0.05) is 37.8 Å². The van der Waals surface area contributed by atoms with Crippen molar-refractivity contribution in [1.29, 1.82) is 0 Å².